The van der Waals surface area contributed by atoms with Crippen molar-refractivity contribution in [1.29, 1.82) is 0 Å². The fourth-order valence-electron chi connectivity index (χ4n) is 1.70. The molecule has 18 heavy (non-hydrogen) atoms. The summed E-state index contributed by atoms with van der Waals surface area (Å²) in [5.41, 5.74) is 0.409. The molecule has 1 heterocycles. The third-order valence-corrected chi connectivity index (χ3v) is 3.45. The van der Waals surface area contributed by atoms with Crippen molar-refractivity contribution in [2.45, 2.75) is 12.6 Å². The number of benzene rings is 1. The van der Waals surface area contributed by atoms with Crippen LogP contribution in [0.25, 0.3) is 0 Å². The molecule has 0 aliphatic heterocycles. The largest absolute Gasteiger partial charge is 0.394 e. The summed E-state index contributed by atoms with van der Waals surface area (Å²) in [4.78, 5) is 1.10. The first-order valence-electron chi connectivity index (χ1n) is 5.51. The SMILES string of the molecule is OCC(NCc1cccs1)c1cc(F)cc(F)c1. The molecule has 2 N–H and O–H groups in total. The number of hydrogen-bond donors (Lipinski definition) is 2. The van der Waals surface area contributed by atoms with Gasteiger partial charge in [-0.1, -0.05) is 6.07 Å². The van der Waals surface area contributed by atoms with Crippen LogP contribution in [-0.4, -0.2) is 11.7 Å². The first-order chi connectivity index (χ1) is 8.69. The Bertz CT molecular complexity index is 481. The lowest BCUT2D eigenvalue weighted by atomic mass is 10.1. The predicted molar refractivity (Wildman–Crippen MR) is 67.3 cm³/mol. The number of thiophene rings is 1. The summed E-state index contributed by atoms with van der Waals surface area (Å²) in [5, 5.41) is 14.3. The minimum Gasteiger partial charge on any atom is -0.394 e. The molecule has 5 heteroatoms. The molecule has 2 rings (SSSR count). The van der Waals surface area contributed by atoms with Gasteiger partial charge in [0.25, 0.3) is 0 Å². The Hall–Kier alpha value is -1.30. The molecule has 1 aromatic carbocycles. The van der Waals surface area contributed by atoms with Crippen LogP contribution in [0.3, 0.4) is 0 Å². The normalized spacial score (nSPS) is 12.6. The lowest BCUT2D eigenvalue weighted by molar-refractivity contribution is 0.243. The molecular weight excluding hydrogens is 256 g/mol. The lowest BCUT2D eigenvalue weighted by Gasteiger charge is -2.16. The average Bonchev–Trinajstić information content (AvgIpc) is 2.81. The van der Waals surface area contributed by atoms with Gasteiger partial charge in [0.2, 0.25) is 0 Å². The maximum Gasteiger partial charge on any atom is 0.126 e. The highest BCUT2D eigenvalue weighted by Gasteiger charge is 2.12. The van der Waals surface area contributed by atoms with Gasteiger partial charge in [-0.25, -0.2) is 8.78 Å². The number of rotatable bonds is 5. The van der Waals surface area contributed by atoms with Gasteiger partial charge in [0.1, 0.15) is 11.6 Å². The van der Waals surface area contributed by atoms with Crippen molar-refractivity contribution in [2.75, 3.05) is 6.61 Å². The Morgan fingerprint density at radius 2 is 1.94 bits per heavy atom. The van der Waals surface area contributed by atoms with Crippen molar-refractivity contribution >= 4 is 11.3 Å². The van der Waals surface area contributed by atoms with Crippen molar-refractivity contribution < 1.29 is 13.9 Å². The lowest BCUT2D eigenvalue weighted by Crippen LogP contribution is -2.23. The third-order valence-electron chi connectivity index (χ3n) is 2.57. The van der Waals surface area contributed by atoms with Gasteiger partial charge in [-0.2, -0.15) is 0 Å². The molecule has 0 radical (unpaired) electrons. The fraction of sp³-hybridized carbons (Fsp3) is 0.231. The van der Waals surface area contributed by atoms with Gasteiger partial charge in [0, 0.05) is 17.5 Å². The van der Waals surface area contributed by atoms with Gasteiger partial charge < -0.3 is 10.4 Å². The van der Waals surface area contributed by atoms with Crippen molar-refractivity contribution in [3.05, 3.63) is 57.8 Å². The smallest absolute Gasteiger partial charge is 0.126 e. The van der Waals surface area contributed by atoms with Crippen LogP contribution in [0.1, 0.15) is 16.5 Å². The second kappa shape index (κ2) is 6.04. The molecule has 0 amide bonds. The monoisotopic (exact) mass is 269 g/mol. The summed E-state index contributed by atoms with van der Waals surface area (Å²) in [6.07, 6.45) is 0. The summed E-state index contributed by atoms with van der Waals surface area (Å²) in [5.74, 6) is -1.28. The quantitative estimate of drug-likeness (QED) is 0.875. The highest BCUT2D eigenvalue weighted by atomic mass is 32.1. The van der Waals surface area contributed by atoms with E-state index in [-0.39, 0.29) is 6.61 Å². The third kappa shape index (κ3) is 3.35. The number of nitrogens with one attached hydrogen (secondary N) is 1. The van der Waals surface area contributed by atoms with Crippen LogP contribution in [0.15, 0.2) is 35.7 Å². The first kappa shape index (κ1) is 13.1. The first-order valence-corrected chi connectivity index (χ1v) is 6.39. The zero-order chi connectivity index (χ0) is 13.0. The summed E-state index contributed by atoms with van der Waals surface area (Å²) in [6.45, 7) is 0.343. The van der Waals surface area contributed by atoms with E-state index in [0.29, 0.717) is 12.1 Å². The molecule has 1 unspecified atom stereocenters. The topological polar surface area (TPSA) is 32.3 Å². The van der Waals surface area contributed by atoms with E-state index in [1.54, 1.807) is 11.3 Å². The van der Waals surface area contributed by atoms with Gasteiger partial charge in [-0.15, -0.1) is 11.3 Å². The van der Waals surface area contributed by atoms with Crippen LogP contribution in [0.4, 0.5) is 8.78 Å². The van der Waals surface area contributed by atoms with E-state index in [4.69, 9.17) is 0 Å². The molecule has 0 aliphatic carbocycles. The van der Waals surface area contributed by atoms with E-state index in [0.717, 1.165) is 10.9 Å². The van der Waals surface area contributed by atoms with Crippen LogP contribution in [0.2, 0.25) is 0 Å². The Morgan fingerprint density at radius 1 is 1.22 bits per heavy atom. The van der Waals surface area contributed by atoms with Crippen LogP contribution >= 0.6 is 11.3 Å². The van der Waals surface area contributed by atoms with Crippen molar-refractivity contribution in [2.24, 2.45) is 0 Å². The summed E-state index contributed by atoms with van der Waals surface area (Å²) >= 11 is 1.58. The van der Waals surface area contributed by atoms with Gasteiger partial charge in [0.05, 0.1) is 12.6 Å². The Balaban J connectivity index is 2.07. The van der Waals surface area contributed by atoms with E-state index < -0.39 is 17.7 Å². The Kier molecular flexibility index (Phi) is 4.41. The zero-order valence-corrected chi connectivity index (χ0v) is 10.4. The molecule has 0 saturated heterocycles. The van der Waals surface area contributed by atoms with Gasteiger partial charge in [-0.3, -0.25) is 0 Å². The number of halogens is 2. The van der Waals surface area contributed by atoms with E-state index in [1.165, 1.54) is 12.1 Å². The van der Waals surface area contributed by atoms with Crippen molar-refractivity contribution in [1.82, 2.24) is 5.32 Å². The molecule has 0 saturated carbocycles. The summed E-state index contributed by atoms with van der Waals surface area (Å²) in [6, 6.07) is 6.68. The molecule has 1 aromatic heterocycles. The van der Waals surface area contributed by atoms with E-state index in [9.17, 15) is 13.9 Å². The molecule has 0 bridgehead atoms. The number of aliphatic hydroxyl groups excluding tert-OH is 1. The van der Waals surface area contributed by atoms with Crippen LogP contribution in [0.5, 0.6) is 0 Å². The summed E-state index contributed by atoms with van der Waals surface area (Å²) < 4.78 is 26.2. The highest BCUT2D eigenvalue weighted by molar-refractivity contribution is 7.09. The van der Waals surface area contributed by atoms with Crippen LogP contribution < -0.4 is 5.32 Å². The van der Waals surface area contributed by atoms with Gasteiger partial charge in [-0.05, 0) is 29.1 Å². The predicted octanol–water partition coefficient (Wildman–Crippen LogP) is 2.85. The molecule has 0 spiro atoms. The summed E-state index contributed by atoms with van der Waals surface area (Å²) in [7, 11) is 0. The highest BCUT2D eigenvalue weighted by Crippen LogP contribution is 2.17. The Labute approximate surface area is 108 Å². The maximum absolute atomic E-state index is 13.1. The fourth-order valence-corrected chi connectivity index (χ4v) is 2.36. The molecule has 0 fully saturated rings. The molecule has 0 aliphatic rings. The minimum atomic E-state index is -0.638. The van der Waals surface area contributed by atoms with E-state index in [2.05, 4.69) is 5.32 Å². The standard InChI is InChI=1S/C13H13F2NOS/c14-10-4-9(5-11(15)6-10)13(8-17)16-7-12-2-1-3-18-12/h1-6,13,16-17H,7-8H2. The molecule has 2 aromatic rings. The second-order valence-corrected chi connectivity index (χ2v) is 4.93. The zero-order valence-electron chi connectivity index (χ0n) is 9.57. The van der Waals surface area contributed by atoms with Crippen molar-refractivity contribution in [3.63, 3.8) is 0 Å². The van der Waals surface area contributed by atoms with E-state index in [1.807, 2.05) is 17.5 Å². The van der Waals surface area contributed by atoms with Gasteiger partial charge >= 0.3 is 0 Å². The molecule has 1 atom stereocenters. The molecular formula is C13H13F2NOS. The van der Waals surface area contributed by atoms with Crippen LogP contribution in [0, 0.1) is 11.6 Å². The average molecular weight is 269 g/mol. The van der Waals surface area contributed by atoms with Crippen LogP contribution in [-0.2, 0) is 6.54 Å². The maximum atomic E-state index is 13.1. The number of aliphatic hydroxyl groups is 1. The Morgan fingerprint density at radius 3 is 2.50 bits per heavy atom. The van der Waals surface area contributed by atoms with Crippen molar-refractivity contribution in [3.8, 4) is 0 Å². The second-order valence-electron chi connectivity index (χ2n) is 3.90. The molecule has 96 valence electrons. The molecule has 2 nitrogen and oxygen atoms in total. The van der Waals surface area contributed by atoms with Gasteiger partial charge in [0.15, 0.2) is 0 Å². The van der Waals surface area contributed by atoms with E-state index >= 15 is 0 Å². The minimum absolute atomic E-state index is 0.214. The number of hydrogen-bond acceptors (Lipinski definition) is 3.